The third kappa shape index (κ3) is 3.41. The fourth-order valence-electron chi connectivity index (χ4n) is 2.56. The summed E-state index contributed by atoms with van der Waals surface area (Å²) >= 11 is 0. The lowest BCUT2D eigenvalue weighted by atomic mass is 10.0. The highest BCUT2D eigenvalue weighted by molar-refractivity contribution is 5.44. The van der Waals surface area contributed by atoms with Crippen LogP contribution in [0.25, 0.3) is 0 Å². The average molecular weight is 282 g/mol. The molecule has 0 amide bonds. The number of hydrogen-bond donors (Lipinski definition) is 1. The van der Waals surface area contributed by atoms with Crippen LogP contribution in [0.4, 0.5) is 4.39 Å². The van der Waals surface area contributed by atoms with Gasteiger partial charge in [-0.05, 0) is 24.6 Å². The number of nitrogens with zero attached hydrogens (tertiary/aromatic N) is 1. The lowest BCUT2D eigenvalue weighted by molar-refractivity contribution is 0.147. The van der Waals surface area contributed by atoms with Crippen molar-refractivity contribution in [2.75, 3.05) is 46.6 Å². The maximum atomic E-state index is 13.5. The molecule has 20 heavy (non-hydrogen) atoms. The molecule has 1 heterocycles. The van der Waals surface area contributed by atoms with E-state index >= 15 is 0 Å². The largest absolute Gasteiger partial charge is 0.493 e. The lowest BCUT2D eigenvalue weighted by Gasteiger charge is -2.33. The van der Waals surface area contributed by atoms with Crippen molar-refractivity contribution in [3.8, 4) is 11.5 Å². The van der Waals surface area contributed by atoms with Crippen LogP contribution in [0.5, 0.6) is 11.5 Å². The molecule has 2 rings (SSSR count). The minimum atomic E-state index is -0.392. The van der Waals surface area contributed by atoms with Crippen LogP contribution in [0.2, 0.25) is 0 Å². The lowest BCUT2D eigenvalue weighted by Crippen LogP contribution is -2.45. The SMILES string of the molecule is CCOc1ccc([C@@H](CF)N2CCNCC2)cc1OC. The Labute approximate surface area is 119 Å². The molecule has 0 aromatic heterocycles. The van der Waals surface area contributed by atoms with Crippen LogP contribution < -0.4 is 14.8 Å². The van der Waals surface area contributed by atoms with Gasteiger partial charge < -0.3 is 14.8 Å². The maximum absolute atomic E-state index is 13.5. The van der Waals surface area contributed by atoms with Gasteiger partial charge in [0, 0.05) is 26.2 Å². The number of alkyl halides is 1. The number of rotatable bonds is 6. The van der Waals surface area contributed by atoms with E-state index < -0.39 is 6.67 Å². The molecule has 1 aromatic carbocycles. The number of ether oxygens (including phenoxy) is 2. The Morgan fingerprint density at radius 1 is 1.30 bits per heavy atom. The number of nitrogens with one attached hydrogen (secondary N) is 1. The zero-order valence-corrected chi connectivity index (χ0v) is 12.2. The second-order valence-electron chi connectivity index (χ2n) is 4.80. The van der Waals surface area contributed by atoms with E-state index in [0.29, 0.717) is 18.1 Å². The molecule has 1 saturated heterocycles. The molecule has 1 aliphatic rings. The second-order valence-corrected chi connectivity index (χ2v) is 4.80. The van der Waals surface area contributed by atoms with Crippen LogP contribution >= 0.6 is 0 Å². The summed E-state index contributed by atoms with van der Waals surface area (Å²) in [5, 5.41) is 3.28. The number of piperazine rings is 1. The van der Waals surface area contributed by atoms with Crippen molar-refractivity contribution in [3.63, 3.8) is 0 Å². The van der Waals surface area contributed by atoms with Crippen molar-refractivity contribution in [1.82, 2.24) is 10.2 Å². The first-order chi connectivity index (χ1) is 9.80. The monoisotopic (exact) mass is 282 g/mol. The summed E-state index contributed by atoms with van der Waals surface area (Å²) in [7, 11) is 1.61. The molecule has 0 bridgehead atoms. The molecule has 4 nitrogen and oxygen atoms in total. The summed E-state index contributed by atoms with van der Waals surface area (Å²) in [5.74, 6) is 1.37. The molecule has 0 radical (unpaired) electrons. The van der Waals surface area contributed by atoms with Gasteiger partial charge in [0.2, 0.25) is 0 Å². The van der Waals surface area contributed by atoms with E-state index in [0.717, 1.165) is 31.7 Å². The molecule has 5 heteroatoms. The normalized spacial score (nSPS) is 17.8. The zero-order chi connectivity index (χ0) is 14.4. The van der Waals surface area contributed by atoms with Gasteiger partial charge in [0.15, 0.2) is 11.5 Å². The summed E-state index contributed by atoms with van der Waals surface area (Å²) in [6.45, 7) is 5.67. The predicted molar refractivity (Wildman–Crippen MR) is 77.3 cm³/mol. The number of benzene rings is 1. The van der Waals surface area contributed by atoms with Crippen LogP contribution in [0.3, 0.4) is 0 Å². The van der Waals surface area contributed by atoms with Crippen molar-refractivity contribution in [3.05, 3.63) is 23.8 Å². The van der Waals surface area contributed by atoms with Crippen molar-refractivity contribution in [2.45, 2.75) is 13.0 Å². The minimum absolute atomic E-state index is 0.207. The van der Waals surface area contributed by atoms with Gasteiger partial charge in [-0.15, -0.1) is 0 Å². The van der Waals surface area contributed by atoms with Gasteiger partial charge in [-0.1, -0.05) is 6.07 Å². The molecule has 0 spiro atoms. The van der Waals surface area contributed by atoms with Crippen LogP contribution in [0.15, 0.2) is 18.2 Å². The number of halogens is 1. The molecule has 0 unspecified atom stereocenters. The summed E-state index contributed by atoms with van der Waals surface area (Å²) in [6.07, 6.45) is 0. The van der Waals surface area contributed by atoms with Gasteiger partial charge in [-0.3, -0.25) is 4.90 Å². The summed E-state index contributed by atoms with van der Waals surface area (Å²) in [6, 6.07) is 5.47. The molecule has 1 fully saturated rings. The van der Waals surface area contributed by atoms with Gasteiger partial charge in [-0.2, -0.15) is 0 Å². The van der Waals surface area contributed by atoms with Crippen LogP contribution in [-0.4, -0.2) is 51.5 Å². The summed E-state index contributed by atoms with van der Waals surface area (Å²) < 4.78 is 24.3. The van der Waals surface area contributed by atoms with E-state index in [-0.39, 0.29) is 6.04 Å². The van der Waals surface area contributed by atoms with Gasteiger partial charge >= 0.3 is 0 Å². The smallest absolute Gasteiger partial charge is 0.161 e. The molecular formula is C15H23FN2O2. The fourth-order valence-corrected chi connectivity index (χ4v) is 2.56. The Hall–Kier alpha value is -1.33. The van der Waals surface area contributed by atoms with Crippen molar-refractivity contribution in [2.24, 2.45) is 0 Å². The molecule has 0 saturated carbocycles. The van der Waals surface area contributed by atoms with E-state index in [4.69, 9.17) is 9.47 Å². The second kappa shape index (κ2) is 7.45. The van der Waals surface area contributed by atoms with Gasteiger partial charge in [0.1, 0.15) is 6.67 Å². The standard InChI is InChI=1S/C15H23FN2O2/c1-3-20-14-5-4-12(10-15(14)19-2)13(11-16)18-8-6-17-7-9-18/h4-5,10,13,17H,3,6-9,11H2,1-2H3/t13-/m1/s1. The van der Waals surface area contributed by atoms with Crippen molar-refractivity contribution >= 4 is 0 Å². The molecule has 1 aromatic rings. The molecule has 0 aliphatic carbocycles. The average Bonchev–Trinajstić information content (AvgIpc) is 2.50. The van der Waals surface area contributed by atoms with Crippen LogP contribution in [0, 0.1) is 0 Å². The highest BCUT2D eigenvalue weighted by Gasteiger charge is 2.23. The quantitative estimate of drug-likeness (QED) is 0.865. The third-order valence-corrected chi connectivity index (χ3v) is 3.61. The van der Waals surface area contributed by atoms with Crippen molar-refractivity contribution < 1.29 is 13.9 Å². The Kier molecular flexibility index (Phi) is 5.61. The van der Waals surface area contributed by atoms with Crippen LogP contribution in [-0.2, 0) is 0 Å². The Morgan fingerprint density at radius 2 is 2.05 bits per heavy atom. The topological polar surface area (TPSA) is 33.7 Å². The van der Waals surface area contributed by atoms with E-state index in [2.05, 4.69) is 10.2 Å². The molecule has 112 valence electrons. The molecule has 1 atom stereocenters. The summed E-state index contributed by atoms with van der Waals surface area (Å²) in [4.78, 5) is 2.17. The van der Waals surface area contributed by atoms with E-state index in [1.54, 1.807) is 7.11 Å². The van der Waals surface area contributed by atoms with Gasteiger partial charge in [0.25, 0.3) is 0 Å². The fraction of sp³-hybridized carbons (Fsp3) is 0.600. The Morgan fingerprint density at radius 3 is 2.65 bits per heavy atom. The number of hydrogen-bond acceptors (Lipinski definition) is 4. The van der Waals surface area contributed by atoms with Crippen LogP contribution in [0.1, 0.15) is 18.5 Å². The predicted octanol–water partition coefficient (Wildman–Crippen LogP) is 2.01. The van der Waals surface area contributed by atoms with Crippen molar-refractivity contribution in [1.29, 1.82) is 0 Å². The van der Waals surface area contributed by atoms with Gasteiger partial charge in [0.05, 0.1) is 19.8 Å². The molecule has 1 aliphatic heterocycles. The third-order valence-electron chi connectivity index (χ3n) is 3.61. The highest BCUT2D eigenvalue weighted by Crippen LogP contribution is 2.32. The van der Waals surface area contributed by atoms with E-state index in [9.17, 15) is 4.39 Å². The first-order valence-electron chi connectivity index (χ1n) is 7.11. The summed E-state index contributed by atoms with van der Waals surface area (Å²) in [5.41, 5.74) is 0.940. The van der Waals surface area contributed by atoms with E-state index in [1.165, 1.54) is 0 Å². The Bertz CT molecular complexity index is 422. The Balaban J connectivity index is 2.20. The molecule has 1 N–H and O–H groups in total. The number of methoxy groups -OCH3 is 1. The first kappa shape index (κ1) is 15.1. The first-order valence-corrected chi connectivity index (χ1v) is 7.11. The highest BCUT2D eigenvalue weighted by atomic mass is 19.1. The van der Waals surface area contributed by atoms with Gasteiger partial charge in [-0.25, -0.2) is 4.39 Å². The molecular weight excluding hydrogens is 259 g/mol. The minimum Gasteiger partial charge on any atom is -0.493 e. The zero-order valence-electron chi connectivity index (χ0n) is 12.2. The maximum Gasteiger partial charge on any atom is 0.161 e. The van der Waals surface area contributed by atoms with E-state index in [1.807, 2.05) is 25.1 Å².